The molecule has 0 amide bonds. The summed E-state index contributed by atoms with van der Waals surface area (Å²) in [4.78, 5) is 4.88. The Labute approximate surface area is 125 Å². The van der Waals surface area contributed by atoms with Gasteiger partial charge in [0.2, 0.25) is 0 Å². The molecule has 1 aromatic carbocycles. The fraction of sp³-hybridized carbons (Fsp3) is 0.471. The van der Waals surface area contributed by atoms with Crippen LogP contribution in [0.5, 0.6) is 5.75 Å². The van der Waals surface area contributed by atoms with Gasteiger partial charge >= 0.3 is 0 Å². The summed E-state index contributed by atoms with van der Waals surface area (Å²) in [6.45, 7) is 2.83. The summed E-state index contributed by atoms with van der Waals surface area (Å²) in [6.07, 6.45) is 6.77. The zero-order valence-corrected chi connectivity index (χ0v) is 12.7. The van der Waals surface area contributed by atoms with E-state index in [2.05, 4.69) is 13.0 Å². The van der Waals surface area contributed by atoms with Crippen molar-refractivity contribution in [2.45, 2.75) is 45.4 Å². The molecule has 3 rings (SSSR count). The first-order valence-electron chi connectivity index (χ1n) is 7.54. The van der Waals surface area contributed by atoms with Gasteiger partial charge in [0.15, 0.2) is 0 Å². The maximum atomic E-state index is 6.64. The van der Waals surface area contributed by atoms with Crippen LogP contribution in [0.3, 0.4) is 0 Å². The lowest BCUT2D eigenvalue weighted by Crippen LogP contribution is -2.01. The Bertz CT molecular complexity index is 624. The van der Waals surface area contributed by atoms with Gasteiger partial charge in [-0.05, 0) is 43.7 Å². The van der Waals surface area contributed by atoms with Crippen molar-refractivity contribution in [1.29, 1.82) is 0 Å². The van der Waals surface area contributed by atoms with Gasteiger partial charge in [-0.2, -0.15) is 0 Å². The first kappa shape index (κ1) is 13.7. The summed E-state index contributed by atoms with van der Waals surface area (Å²) >= 11 is 6.64. The monoisotopic (exact) mass is 289 g/mol. The Morgan fingerprint density at radius 1 is 1.20 bits per heavy atom. The van der Waals surface area contributed by atoms with Crippen LogP contribution in [-0.2, 0) is 12.8 Å². The van der Waals surface area contributed by atoms with Crippen LogP contribution in [0, 0.1) is 0 Å². The summed E-state index contributed by atoms with van der Waals surface area (Å²) in [7, 11) is 0. The van der Waals surface area contributed by atoms with E-state index < -0.39 is 0 Å². The summed E-state index contributed by atoms with van der Waals surface area (Å²) in [5.74, 6) is 0.860. The van der Waals surface area contributed by atoms with Gasteiger partial charge in [0.1, 0.15) is 11.3 Å². The Kier molecular flexibility index (Phi) is 4.11. The van der Waals surface area contributed by atoms with Gasteiger partial charge < -0.3 is 4.74 Å². The minimum atomic E-state index is 0.718. The van der Waals surface area contributed by atoms with Gasteiger partial charge in [-0.1, -0.05) is 37.1 Å². The molecule has 0 radical (unpaired) electrons. The smallest absolute Gasteiger partial charge is 0.145 e. The Hall–Kier alpha value is -1.28. The van der Waals surface area contributed by atoms with Crippen LogP contribution < -0.4 is 4.74 Å². The molecular weight excluding hydrogens is 270 g/mol. The summed E-state index contributed by atoms with van der Waals surface area (Å²) in [5.41, 5.74) is 3.35. The molecule has 2 aromatic rings. The molecule has 0 saturated heterocycles. The second kappa shape index (κ2) is 6.01. The fourth-order valence-electron chi connectivity index (χ4n) is 2.87. The van der Waals surface area contributed by atoms with Gasteiger partial charge in [0, 0.05) is 11.1 Å². The van der Waals surface area contributed by atoms with Crippen molar-refractivity contribution in [3.63, 3.8) is 0 Å². The maximum absolute atomic E-state index is 6.64. The summed E-state index contributed by atoms with van der Waals surface area (Å²) < 4.78 is 5.82. The van der Waals surface area contributed by atoms with Crippen molar-refractivity contribution in [3.8, 4) is 5.75 Å². The lowest BCUT2D eigenvalue weighted by Gasteiger charge is -2.13. The Morgan fingerprint density at radius 2 is 2.05 bits per heavy atom. The number of hydrogen-bond acceptors (Lipinski definition) is 2. The molecule has 0 aliphatic heterocycles. The molecule has 1 aliphatic carbocycles. The third-order valence-corrected chi connectivity index (χ3v) is 4.33. The molecule has 106 valence electrons. The van der Waals surface area contributed by atoms with E-state index in [0.717, 1.165) is 47.5 Å². The largest absolute Gasteiger partial charge is 0.491 e. The van der Waals surface area contributed by atoms with Gasteiger partial charge in [0.25, 0.3) is 0 Å². The minimum Gasteiger partial charge on any atom is -0.491 e. The van der Waals surface area contributed by atoms with Crippen LogP contribution in [0.15, 0.2) is 18.2 Å². The SMILES string of the molecule is CCCOc1cccc2c(Cl)c3c(nc12)CCCCC3. The highest BCUT2D eigenvalue weighted by Gasteiger charge is 2.17. The molecule has 3 heteroatoms. The lowest BCUT2D eigenvalue weighted by molar-refractivity contribution is 0.320. The van der Waals surface area contributed by atoms with Crippen LogP contribution in [0.2, 0.25) is 5.02 Å². The third-order valence-electron chi connectivity index (χ3n) is 3.90. The Morgan fingerprint density at radius 3 is 2.90 bits per heavy atom. The quantitative estimate of drug-likeness (QED) is 0.746. The van der Waals surface area contributed by atoms with Gasteiger partial charge in [-0.25, -0.2) is 4.98 Å². The van der Waals surface area contributed by atoms with E-state index in [4.69, 9.17) is 21.3 Å². The van der Waals surface area contributed by atoms with E-state index in [-0.39, 0.29) is 0 Å². The van der Waals surface area contributed by atoms with Gasteiger partial charge in [-0.15, -0.1) is 0 Å². The van der Waals surface area contributed by atoms with E-state index >= 15 is 0 Å². The van der Waals surface area contributed by atoms with E-state index in [1.807, 2.05) is 12.1 Å². The molecule has 0 saturated carbocycles. The molecule has 0 atom stereocenters. The van der Waals surface area contributed by atoms with Crippen molar-refractivity contribution in [1.82, 2.24) is 4.98 Å². The number of halogens is 1. The predicted octanol–water partition coefficient (Wildman–Crippen LogP) is 4.95. The average Bonchev–Trinajstić information content (AvgIpc) is 2.71. The van der Waals surface area contributed by atoms with Crippen molar-refractivity contribution in [2.24, 2.45) is 0 Å². The molecule has 2 nitrogen and oxygen atoms in total. The van der Waals surface area contributed by atoms with E-state index in [1.165, 1.54) is 30.5 Å². The highest BCUT2D eigenvalue weighted by molar-refractivity contribution is 6.36. The third kappa shape index (κ3) is 2.49. The second-order valence-corrected chi connectivity index (χ2v) is 5.79. The number of fused-ring (bicyclic) bond motifs is 2. The van der Waals surface area contributed by atoms with E-state index in [1.54, 1.807) is 0 Å². The van der Waals surface area contributed by atoms with Crippen LogP contribution in [-0.4, -0.2) is 11.6 Å². The zero-order valence-electron chi connectivity index (χ0n) is 11.9. The van der Waals surface area contributed by atoms with Crippen molar-refractivity contribution in [3.05, 3.63) is 34.5 Å². The van der Waals surface area contributed by atoms with E-state index in [9.17, 15) is 0 Å². The van der Waals surface area contributed by atoms with Crippen LogP contribution in [0.25, 0.3) is 10.9 Å². The topological polar surface area (TPSA) is 22.1 Å². The number of aryl methyl sites for hydroxylation is 1. The van der Waals surface area contributed by atoms with E-state index in [0.29, 0.717) is 0 Å². The number of hydrogen-bond donors (Lipinski definition) is 0. The van der Waals surface area contributed by atoms with Crippen molar-refractivity contribution < 1.29 is 4.74 Å². The highest BCUT2D eigenvalue weighted by Crippen LogP contribution is 2.35. The molecule has 0 bridgehead atoms. The number of para-hydroxylation sites is 1. The molecule has 1 aromatic heterocycles. The molecule has 20 heavy (non-hydrogen) atoms. The Balaban J connectivity index is 2.16. The van der Waals surface area contributed by atoms with Crippen molar-refractivity contribution >= 4 is 22.5 Å². The van der Waals surface area contributed by atoms with Crippen molar-refractivity contribution in [2.75, 3.05) is 6.61 Å². The average molecular weight is 290 g/mol. The molecule has 0 N–H and O–H groups in total. The zero-order chi connectivity index (χ0) is 13.9. The summed E-state index contributed by atoms with van der Waals surface area (Å²) in [6, 6.07) is 6.04. The molecule has 1 heterocycles. The van der Waals surface area contributed by atoms with Gasteiger partial charge in [0.05, 0.1) is 11.6 Å². The normalized spacial score (nSPS) is 14.9. The summed E-state index contributed by atoms with van der Waals surface area (Å²) in [5, 5.41) is 1.91. The lowest BCUT2D eigenvalue weighted by atomic mass is 10.0. The molecule has 1 aliphatic rings. The van der Waals surface area contributed by atoms with Crippen LogP contribution >= 0.6 is 11.6 Å². The standard InChI is InChI=1S/C17H20ClNO/c1-2-11-20-15-10-6-8-13-16(18)12-7-4-3-5-9-14(12)19-17(13)15/h6,8,10H,2-5,7,9,11H2,1H3. The molecule has 0 unspecified atom stereocenters. The number of nitrogens with zero attached hydrogens (tertiary/aromatic N) is 1. The molecular formula is C17H20ClNO. The van der Waals surface area contributed by atoms with Crippen LogP contribution in [0.4, 0.5) is 0 Å². The number of aromatic nitrogens is 1. The maximum Gasteiger partial charge on any atom is 0.145 e. The number of ether oxygens (including phenoxy) is 1. The number of rotatable bonds is 3. The first-order chi connectivity index (χ1) is 9.81. The minimum absolute atomic E-state index is 0.718. The number of pyridine rings is 1. The first-order valence-corrected chi connectivity index (χ1v) is 7.92. The van der Waals surface area contributed by atoms with Crippen LogP contribution in [0.1, 0.15) is 43.9 Å². The fourth-order valence-corrected chi connectivity index (χ4v) is 3.22. The molecule has 0 fully saturated rings. The second-order valence-electron chi connectivity index (χ2n) is 5.41. The highest BCUT2D eigenvalue weighted by atomic mass is 35.5. The van der Waals surface area contributed by atoms with Gasteiger partial charge in [-0.3, -0.25) is 0 Å². The predicted molar refractivity (Wildman–Crippen MR) is 83.8 cm³/mol. The number of benzene rings is 1. The molecule has 0 spiro atoms.